The Morgan fingerprint density at radius 1 is 1.08 bits per heavy atom. The zero-order valence-electron chi connectivity index (χ0n) is 13.4. The van der Waals surface area contributed by atoms with Crippen LogP contribution < -0.4 is 5.32 Å². The SMILES string of the molecule is CC(C)c1cc(C(=O)Nc2ccc3ncccc3c2)c(O)cc1O. The highest BCUT2D eigenvalue weighted by molar-refractivity contribution is 6.07. The summed E-state index contributed by atoms with van der Waals surface area (Å²) >= 11 is 0. The fourth-order valence-corrected chi connectivity index (χ4v) is 2.59. The molecule has 24 heavy (non-hydrogen) atoms. The highest BCUT2D eigenvalue weighted by Gasteiger charge is 2.17. The van der Waals surface area contributed by atoms with Crippen LogP contribution >= 0.6 is 0 Å². The van der Waals surface area contributed by atoms with Crippen LogP contribution in [0.1, 0.15) is 35.7 Å². The molecule has 0 aliphatic heterocycles. The molecule has 3 N–H and O–H groups in total. The molecule has 0 fully saturated rings. The number of rotatable bonds is 3. The number of fused-ring (bicyclic) bond motifs is 1. The zero-order valence-corrected chi connectivity index (χ0v) is 13.4. The van der Waals surface area contributed by atoms with Crippen molar-refractivity contribution in [3.05, 3.63) is 59.8 Å². The molecule has 0 bridgehead atoms. The first-order chi connectivity index (χ1) is 11.5. The topological polar surface area (TPSA) is 82.5 Å². The number of carbonyl (C=O) groups is 1. The fourth-order valence-electron chi connectivity index (χ4n) is 2.59. The number of phenols is 2. The number of carbonyl (C=O) groups excluding carboxylic acids is 1. The summed E-state index contributed by atoms with van der Waals surface area (Å²) in [5.41, 5.74) is 2.19. The van der Waals surface area contributed by atoms with Crippen molar-refractivity contribution < 1.29 is 15.0 Å². The van der Waals surface area contributed by atoms with E-state index in [0.717, 1.165) is 10.9 Å². The van der Waals surface area contributed by atoms with Crippen LogP contribution in [0, 0.1) is 0 Å². The predicted octanol–water partition coefficient (Wildman–Crippen LogP) is 4.02. The molecule has 0 aliphatic rings. The second-order valence-corrected chi connectivity index (χ2v) is 5.95. The van der Waals surface area contributed by atoms with Gasteiger partial charge in [-0.3, -0.25) is 9.78 Å². The predicted molar refractivity (Wildman–Crippen MR) is 93.6 cm³/mol. The zero-order chi connectivity index (χ0) is 17.3. The summed E-state index contributed by atoms with van der Waals surface area (Å²) in [5, 5.41) is 23.5. The van der Waals surface area contributed by atoms with Crippen LogP contribution in [0.4, 0.5) is 5.69 Å². The number of nitrogens with one attached hydrogen (secondary N) is 1. The standard InChI is InChI=1S/C19H18N2O3/c1-11(2)14-9-15(18(23)10-17(14)22)19(24)21-13-5-6-16-12(8-13)4-3-7-20-16/h3-11,22-23H,1-2H3,(H,21,24). The van der Waals surface area contributed by atoms with E-state index >= 15 is 0 Å². The van der Waals surface area contributed by atoms with Gasteiger partial charge in [0.05, 0.1) is 11.1 Å². The molecule has 2 aromatic carbocycles. The molecule has 0 saturated heterocycles. The van der Waals surface area contributed by atoms with Crippen LogP contribution in [0.3, 0.4) is 0 Å². The van der Waals surface area contributed by atoms with Gasteiger partial charge in [0.1, 0.15) is 11.5 Å². The van der Waals surface area contributed by atoms with Gasteiger partial charge in [-0.25, -0.2) is 0 Å². The maximum atomic E-state index is 12.5. The van der Waals surface area contributed by atoms with Crippen LogP contribution in [0.2, 0.25) is 0 Å². The van der Waals surface area contributed by atoms with E-state index in [1.54, 1.807) is 12.3 Å². The van der Waals surface area contributed by atoms with Gasteiger partial charge < -0.3 is 15.5 Å². The number of aromatic nitrogens is 1. The number of aromatic hydroxyl groups is 2. The third-order valence-electron chi connectivity index (χ3n) is 3.87. The largest absolute Gasteiger partial charge is 0.508 e. The number of nitrogens with zero attached hydrogens (tertiary/aromatic N) is 1. The smallest absolute Gasteiger partial charge is 0.259 e. The lowest BCUT2D eigenvalue weighted by molar-refractivity contribution is 0.102. The molecule has 0 radical (unpaired) electrons. The summed E-state index contributed by atoms with van der Waals surface area (Å²) in [6, 6.07) is 11.9. The number of pyridine rings is 1. The Balaban J connectivity index is 1.92. The van der Waals surface area contributed by atoms with E-state index in [9.17, 15) is 15.0 Å². The number of amides is 1. The molecule has 5 heteroatoms. The molecule has 1 amide bonds. The molecule has 0 unspecified atom stereocenters. The van der Waals surface area contributed by atoms with Crippen molar-refractivity contribution in [2.75, 3.05) is 5.32 Å². The van der Waals surface area contributed by atoms with Crippen molar-refractivity contribution in [1.82, 2.24) is 4.98 Å². The summed E-state index contributed by atoms with van der Waals surface area (Å²) in [7, 11) is 0. The molecule has 5 nitrogen and oxygen atoms in total. The van der Waals surface area contributed by atoms with E-state index < -0.39 is 5.91 Å². The summed E-state index contributed by atoms with van der Waals surface area (Å²) in [6.07, 6.45) is 1.71. The number of hydrogen-bond acceptors (Lipinski definition) is 4. The van der Waals surface area contributed by atoms with E-state index in [0.29, 0.717) is 11.3 Å². The van der Waals surface area contributed by atoms with Crippen molar-refractivity contribution in [1.29, 1.82) is 0 Å². The minimum atomic E-state index is -0.433. The van der Waals surface area contributed by atoms with Crippen LogP contribution in [0.5, 0.6) is 11.5 Å². The van der Waals surface area contributed by atoms with Crippen LogP contribution in [0.15, 0.2) is 48.7 Å². The molecule has 122 valence electrons. The molecular weight excluding hydrogens is 304 g/mol. The van der Waals surface area contributed by atoms with Crippen molar-refractivity contribution in [3.63, 3.8) is 0 Å². The van der Waals surface area contributed by atoms with E-state index in [2.05, 4.69) is 10.3 Å². The Labute approximate surface area is 139 Å². The average molecular weight is 322 g/mol. The van der Waals surface area contributed by atoms with Crippen molar-refractivity contribution in [2.45, 2.75) is 19.8 Å². The lowest BCUT2D eigenvalue weighted by Crippen LogP contribution is -2.12. The van der Waals surface area contributed by atoms with Crippen LogP contribution in [-0.4, -0.2) is 21.1 Å². The Bertz CT molecular complexity index is 920. The second kappa shape index (κ2) is 6.20. The maximum absolute atomic E-state index is 12.5. The lowest BCUT2D eigenvalue weighted by Gasteiger charge is -2.13. The first kappa shape index (κ1) is 15.8. The molecule has 0 aliphatic carbocycles. The number of benzene rings is 2. The monoisotopic (exact) mass is 322 g/mol. The third kappa shape index (κ3) is 3.01. The summed E-state index contributed by atoms with van der Waals surface area (Å²) in [6.45, 7) is 3.81. The van der Waals surface area contributed by atoms with Gasteiger partial charge >= 0.3 is 0 Å². The molecule has 3 rings (SSSR count). The van der Waals surface area contributed by atoms with E-state index in [1.165, 1.54) is 12.1 Å². The number of phenolic OH excluding ortho intramolecular Hbond substituents is 2. The molecule has 1 heterocycles. The van der Waals surface area contributed by atoms with Gasteiger partial charge in [-0.15, -0.1) is 0 Å². The molecule has 3 aromatic rings. The van der Waals surface area contributed by atoms with E-state index in [4.69, 9.17) is 0 Å². The number of anilines is 1. The number of hydrogen-bond donors (Lipinski definition) is 3. The van der Waals surface area contributed by atoms with Crippen LogP contribution in [0.25, 0.3) is 10.9 Å². The van der Waals surface area contributed by atoms with Gasteiger partial charge in [-0.1, -0.05) is 19.9 Å². The second-order valence-electron chi connectivity index (χ2n) is 5.95. The van der Waals surface area contributed by atoms with Gasteiger partial charge in [-0.05, 0) is 41.8 Å². The average Bonchev–Trinajstić information content (AvgIpc) is 2.54. The summed E-state index contributed by atoms with van der Waals surface area (Å²) in [5.74, 6) is -0.672. The first-order valence-electron chi connectivity index (χ1n) is 7.67. The fraction of sp³-hybridized carbons (Fsp3) is 0.158. The summed E-state index contributed by atoms with van der Waals surface area (Å²) < 4.78 is 0. The van der Waals surface area contributed by atoms with E-state index in [-0.39, 0.29) is 23.0 Å². The minimum Gasteiger partial charge on any atom is -0.508 e. The van der Waals surface area contributed by atoms with Crippen molar-refractivity contribution >= 4 is 22.5 Å². The highest BCUT2D eigenvalue weighted by atomic mass is 16.3. The quantitative estimate of drug-likeness (QED) is 0.680. The van der Waals surface area contributed by atoms with Crippen molar-refractivity contribution in [2.24, 2.45) is 0 Å². The molecule has 0 atom stereocenters. The van der Waals surface area contributed by atoms with Crippen LogP contribution in [-0.2, 0) is 0 Å². The van der Waals surface area contributed by atoms with Crippen molar-refractivity contribution in [3.8, 4) is 11.5 Å². The molecule has 0 saturated carbocycles. The minimum absolute atomic E-state index is 0.0178. The van der Waals surface area contributed by atoms with E-state index in [1.807, 2.05) is 38.1 Å². The molecule has 1 aromatic heterocycles. The van der Waals surface area contributed by atoms with Gasteiger partial charge in [-0.2, -0.15) is 0 Å². The normalized spacial score (nSPS) is 11.0. The Kier molecular flexibility index (Phi) is 4.08. The Morgan fingerprint density at radius 2 is 1.88 bits per heavy atom. The van der Waals surface area contributed by atoms with Gasteiger partial charge in [0, 0.05) is 23.3 Å². The third-order valence-corrected chi connectivity index (χ3v) is 3.87. The Hall–Kier alpha value is -3.08. The highest BCUT2D eigenvalue weighted by Crippen LogP contribution is 2.32. The maximum Gasteiger partial charge on any atom is 0.259 e. The van der Waals surface area contributed by atoms with Gasteiger partial charge in [0.15, 0.2) is 0 Å². The van der Waals surface area contributed by atoms with Gasteiger partial charge in [0.2, 0.25) is 0 Å². The first-order valence-corrected chi connectivity index (χ1v) is 7.67. The summed E-state index contributed by atoms with van der Waals surface area (Å²) in [4.78, 5) is 16.7. The lowest BCUT2D eigenvalue weighted by atomic mass is 9.98. The molecular formula is C19H18N2O3. The van der Waals surface area contributed by atoms with Gasteiger partial charge in [0.25, 0.3) is 5.91 Å². The Morgan fingerprint density at radius 3 is 2.62 bits per heavy atom. The molecule has 0 spiro atoms.